The van der Waals surface area contributed by atoms with Gasteiger partial charge in [0.05, 0.1) is 14.2 Å². The first-order chi connectivity index (χ1) is 14.1. The molecule has 0 aliphatic carbocycles. The summed E-state index contributed by atoms with van der Waals surface area (Å²) in [5.41, 5.74) is 3.37. The lowest BCUT2D eigenvalue weighted by molar-refractivity contribution is 0.0949. The van der Waals surface area contributed by atoms with E-state index in [9.17, 15) is 4.79 Å². The minimum Gasteiger partial charge on any atom is -0.493 e. The fourth-order valence-electron chi connectivity index (χ4n) is 2.85. The lowest BCUT2D eigenvalue weighted by Gasteiger charge is -2.11. The number of methoxy groups -OCH3 is 2. The van der Waals surface area contributed by atoms with Crippen molar-refractivity contribution in [1.82, 2.24) is 15.3 Å². The summed E-state index contributed by atoms with van der Waals surface area (Å²) in [7, 11) is 3.20. The van der Waals surface area contributed by atoms with Gasteiger partial charge in [-0.3, -0.25) is 4.79 Å². The van der Waals surface area contributed by atoms with Crippen LogP contribution in [0.3, 0.4) is 0 Å². The third-order valence-corrected chi connectivity index (χ3v) is 4.45. The number of hydrogen-bond acceptors (Lipinski definition) is 6. The van der Waals surface area contributed by atoms with Crippen molar-refractivity contribution in [3.63, 3.8) is 0 Å². The molecule has 150 valence electrons. The molecular formula is C22H24N4O3. The van der Waals surface area contributed by atoms with E-state index >= 15 is 0 Å². The van der Waals surface area contributed by atoms with Crippen LogP contribution in [0.4, 0.5) is 11.5 Å². The van der Waals surface area contributed by atoms with Crippen LogP contribution in [-0.2, 0) is 6.42 Å². The van der Waals surface area contributed by atoms with Gasteiger partial charge in [0.15, 0.2) is 11.5 Å². The zero-order valence-corrected chi connectivity index (χ0v) is 16.7. The van der Waals surface area contributed by atoms with E-state index in [1.54, 1.807) is 20.3 Å². The molecule has 7 nitrogen and oxygen atoms in total. The van der Waals surface area contributed by atoms with E-state index in [4.69, 9.17) is 9.47 Å². The summed E-state index contributed by atoms with van der Waals surface area (Å²) in [5, 5.41) is 6.10. The molecule has 0 fully saturated rings. The Hall–Kier alpha value is -3.61. The molecule has 0 saturated carbocycles. The number of ether oxygens (including phenoxy) is 2. The van der Waals surface area contributed by atoms with Crippen molar-refractivity contribution in [2.45, 2.75) is 13.3 Å². The van der Waals surface area contributed by atoms with Gasteiger partial charge in [-0.15, -0.1) is 0 Å². The van der Waals surface area contributed by atoms with Crippen molar-refractivity contribution in [2.75, 3.05) is 26.1 Å². The molecule has 29 heavy (non-hydrogen) atoms. The molecule has 0 bridgehead atoms. The maximum Gasteiger partial charge on any atom is 0.270 e. The quantitative estimate of drug-likeness (QED) is 0.610. The van der Waals surface area contributed by atoms with E-state index < -0.39 is 0 Å². The van der Waals surface area contributed by atoms with Gasteiger partial charge >= 0.3 is 0 Å². The zero-order chi connectivity index (χ0) is 20.6. The van der Waals surface area contributed by atoms with E-state index in [1.165, 1.54) is 6.33 Å². The van der Waals surface area contributed by atoms with Gasteiger partial charge in [-0.1, -0.05) is 24.3 Å². The summed E-state index contributed by atoms with van der Waals surface area (Å²) >= 11 is 0. The second-order valence-corrected chi connectivity index (χ2v) is 6.42. The summed E-state index contributed by atoms with van der Waals surface area (Å²) < 4.78 is 10.5. The Balaban J connectivity index is 1.59. The van der Waals surface area contributed by atoms with Crippen molar-refractivity contribution < 1.29 is 14.3 Å². The molecule has 0 aliphatic heterocycles. The molecule has 7 heteroatoms. The van der Waals surface area contributed by atoms with Crippen LogP contribution in [0.1, 0.15) is 21.6 Å². The highest BCUT2D eigenvalue weighted by Gasteiger charge is 2.10. The molecule has 0 spiro atoms. The predicted octanol–water partition coefficient (Wildman–Crippen LogP) is 3.52. The van der Waals surface area contributed by atoms with Crippen LogP contribution in [0.5, 0.6) is 11.5 Å². The highest BCUT2D eigenvalue weighted by atomic mass is 16.5. The number of carbonyl (C=O) groups is 1. The van der Waals surface area contributed by atoms with Crippen molar-refractivity contribution >= 4 is 17.4 Å². The van der Waals surface area contributed by atoms with E-state index in [0.717, 1.165) is 16.8 Å². The molecule has 0 unspecified atom stereocenters. The molecule has 2 aromatic carbocycles. The van der Waals surface area contributed by atoms with Crippen LogP contribution < -0.4 is 20.1 Å². The summed E-state index contributed by atoms with van der Waals surface area (Å²) in [6.07, 6.45) is 2.04. The summed E-state index contributed by atoms with van der Waals surface area (Å²) in [6.45, 7) is 2.48. The third-order valence-electron chi connectivity index (χ3n) is 4.45. The number of rotatable bonds is 8. The number of amides is 1. The number of benzene rings is 2. The highest BCUT2D eigenvalue weighted by molar-refractivity contribution is 5.93. The molecule has 3 rings (SSSR count). The van der Waals surface area contributed by atoms with Crippen LogP contribution in [0.2, 0.25) is 0 Å². The van der Waals surface area contributed by atoms with Gasteiger partial charge in [0.2, 0.25) is 0 Å². The van der Waals surface area contributed by atoms with E-state index in [-0.39, 0.29) is 5.91 Å². The normalized spacial score (nSPS) is 10.3. The minimum atomic E-state index is -0.249. The fourth-order valence-corrected chi connectivity index (χ4v) is 2.85. The van der Waals surface area contributed by atoms with Gasteiger partial charge < -0.3 is 20.1 Å². The van der Waals surface area contributed by atoms with Crippen LogP contribution >= 0.6 is 0 Å². The van der Waals surface area contributed by atoms with Gasteiger partial charge in [-0.2, -0.15) is 0 Å². The smallest absolute Gasteiger partial charge is 0.270 e. The first kappa shape index (κ1) is 20.1. The van der Waals surface area contributed by atoms with Gasteiger partial charge in [0.25, 0.3) is 5.91 Å². The average Bonchev–Trinajstić information content (AvgIpc) is 2.75. The highest BCUT2D eigenvalue weighted by Crippen LogP contribution is 2.27. The number of anilines is 2. The lowest BCUT2D eigenvalue weighted by Crippen LogP contribution is -2.26. The van der Waals surface area contributed by atoms with Crippen LogP contribution in [-0.4, -0.2) is 36.6 Å². The molecule has 0 radical (unpaired) electrons. The average molecular weight is 392 g/mol. The maximum atomic E-state index is 12.5. The molecule has 2 N–H and O–H groups in total. The Morgan fingerprint density at radius 3 is 2.55 bits per heavy atom. The number of aryl methyl sites for hydroxylation is 1. The molecule has 3 aromatic rings. The van der Waals surface area contributed by atoms with Gasteiger partial charge in [0, 0.05) is 18.3 Å². The van der Waals surface area contributed by atoms with Crippen molar-refractivity contribution in [3.05, 3.63) is 71.7 Å². The molecule has 0 aliphatic rings. The standard InChI is InChI=1S/C22H24N4O3/c1-15-6-4-5-7-17(15)26-21-13-18(24-14-25-21)22(27)23-11-10-16-8-9-19(28-2)20(12-16)29-3/h4-9,12-14H,10-11H2,1-3H3,(H,23,27)(H,24,25,26). The number of carbonyl (C=O) groups excluding carboxylic acids is 1. The van der Waals surface area contributed by atoms with Crippen molar-refractivity contribution in [2.24, 2.45) is 0 Å². The van der Waals surface area contributed by atoms with E-state index in [1.807, 2.05) is 49.4 Å². The Morgan fingerprint density at radius 2 is 1.79 bits per heavy atom. The van der Waals surface area contributed by atoms with Crippen LogP contribution in [0.15, 0.2) is 54.9 Å². The molecule has 1 heterocycles. The van der Waals surface area contributed by atoms with Crippen molar-refractivity contribution in [1.29, 1.82) is 0 Å². The SMILES string of the molecule is COc1ccc(CCNC(=O)c2cc(Nc3ccccc3C)ncn2)cc1OC. The van der Waals surface area contributed by atoms with Crippen LogP contribution in [0, 0.1) is 6.92 Å². The minimum absolute atomic E-state index is 0.249. The number of nitrogens with one attached hydrogen (secondary N) is 2. The molecule has 0 saturated heterocycles. The van der Waals surface area contributed by atoms with Gasteiger partial charge in [-0.25, -0.2) is 9.97 Å². The first-order valence-electron chi connectivity index (χ1n) is 9.24. The number of nitrogens with zero attached hydrogens (tertiary/aromatic N) is 2. The summed E-state index contributed by atoms with van der Waals surface area (Å²) in [4.78, 5) is 20.7. The zero-order valence-electron chi connectivity index (χ0n) is 16.7. The number of aromatic nitrogens is 2. The second kappa shape index (κ2) is 9.54. The topological polar surface area (TPSA) is 85.4 Å². The Bertz CT molecular complexity index is 991. The predicted molar refractivity (Wildman–Crippen MR) is 112 cm³/mol. The van der Waals surface area contributed by atoms with E-state index in [0.29, 0.717) is 36.0 Å². The van der Waals surface area contributed by atoms with Crippen molar-refractivity contribution in [3.8, 4) is 11.5 Å². The largest absolute Gasteiger partial charge is 0.493 e. The van der Waals surface area contributed by atoms with Gasteiger partial charge in [0.1, 0.15) is 17.8 Å². The molecule has 1 amide bonds. The molecule has 0 atom stereocenters. The first-order valence-corrected chi connectivity index (χ1v) is 9.24. The summed E-state index contributed by atoms with van der Waals surface area (Å²) in [5.74, 6) is 1.66. The van der Waals surface area contributed by atoms with Gasteiger partial charge in [-0.05, 0) is 42.7 Å². The lowest BCUT2D eigenvalue weighted by atomic mass is 10.1. The third kappa shape index (κ3) is 5.22. The summed E-state index contributed by atoms with van der Waals surface area (Å²) in [6, 6.07) is 15.2. The fraction of sp³-hybridized carbons (Fsp3) is 0.227. The monoisotopic (exact) mass is 392 g/mol. The number of hydrogen-bond donors (Lipinski definition) is 2. The Labute approximate surface area is 170 Å². The Kier molecular flexibility index (Phi) is 6.63. The molecular weight excluding hydrogens is 368 g/mol. The van der Waals surface area contributed by atoms with Crippen LogP contribution in [0.25, 0.3) is 0 Å². The van der Waals surface area contributed by atoms with E-state index in [2.05, 4.69) is 20.6 Å². The Morgan fingerprint density at radius 1 is 1.00 bits per heavy atom. The maximum absolute atomic E-state index is 12.5. The molecule has 1 aromatic heterocycles. The number of para-hydroxylation sites is 1. The second-order valence-electron chi connectivity index (χ2n) is 6.42.